The van der Waals surface area contributed by atoms with Crippen LogP contribution in [0.15, 0.2) is 52.7 Å². The van der Waals surface area contributed by atoms with Crippen molar-refractivity contribution in [1.29, 1.82) is 0 Å². The van der Waals surface area contributed by atoms with Gasteiger partial charge in [-0.1, -0.05) is 6.07 Å². The average Bonchev–Trinajstić information content (AvgIpc) is 3.00. The second-order valence-electron chi connectivity index (χ2n) is 7.14. The number of allylic oxidation sites excluding steroid dienone is 4. The highest BCUT2D eigenvalue weighted by Crippen LogP contribution is 2.31. The summed E-state index contributed by atoms with van der Waals surface area (Å²) in [5.41, 5.74) is 3.90. The van der Waals surface area contributed by atoms with Gasteiger partial charge in [-0.15, -0.1) is 5.10 Å². The highest BCUT2D eigenvalue weighted by molar-refractivity contribution is 6.22. The lowest BCUT2D eigenvalue weighted by atomic mass is 9.94. The summed E-state index contributed by atoms with van der Waals surface area (Å²) in [6, 6.07) is 5.86. The van der Waals surface area contributed by atoms with Crippen LogP contribution in [0, 0.1) is 0 Å². The Morgan fingerprint density at radius 3 is 2.86 bits per heavy atom. The summed E-state index contributed by atoms with van der Waals surface area (Å²) in [6.45, 7) is 3.49. The number of aliphatic hydroxyl groups excluding tert-OH is 1. The van der Waals surface area contributed by atoms with E-state index in [0.717, 1.165) is 35.6 Å². The first-order chi connectivity index (χ1) is 13.5. The summed E-state index contributed by atoms with van der Waals surface area (Å²) >= 11 is 0. The molecule has 0 aromatic carbocycles. The van der Waals surface area contributed by atoms with E-state index in [1.54, 1.807) is 17.5 Å². The molecular formula is C21H27N5O2. The third-order valence-corrected chi connectivity index (χ3v) is 4.58. The van der Waals surface area contributed by atoms with Gasteiger partial charge < -0.3 is 15.3 Å². The van der Waals surface area contributed by atoms with E-state index in [4.69, 9.17) is 4.99 Å². The lowest BCUT2D eigenvalue weighted by molar-refractivity contribution is -0.111. The predicted molar refractivity (Wildman–Crippen MR) is 112 cm³/mol. The van der Waals surface area contributed by atoms with Crippen molar-refractivity contribution in [3.8, 4) is 0 Å². The molecule has 0 saturated carbocycles. The van der Waals surface area contributed by atoms with Crippen molar-refractivity contribution in [3.05, 3.63) is 47.7 Å². The molecule has 1 aliphatic carbocycles. The van der Waals surface area contributed by atoms with E-state index in [-0.39, 0.29) is 12.4 Å². The summed E-state index contributed by atoms with van der Waals surface area (Å²) in [5.74, 6) is 0.709. The minimum atomic E-state index is -0.00362. The van der Waals surface area contributed by atoms with E-state index >= 15 is 0 Å². The number of ketones is 1. The fraction of sp³-hybridized carbons (Fsp3) is 0.381. The van der Waals surface area contributed by atoms with Gasteiger partial charge in [0.15, 0.2) is 11.6 Å². The van der Waals surface area contributed by atoms with Gasteiger partial charge in [0.1, 0.15) is 5.69 Å². The minimum absolute atomic E-state index is 0.00362. The number of hydrogen-bond acceptors (Lipinski definition) is 6. The van der Waals surface area contributed by atoms with Crippen LogP contribution in [-0.2, 0) is 4.79 Å². The molecule has 3 rings (SSSR count). The number of aliphatic imine (C=N–C) groups is 1. The molecule has 7 heteroatoms. The number of nitrogens with zero attached hydrogens (tertiary/aromatic N) is 4. The number of hydrogen-bond donors (Lipinski definition) is 2. The highest BCUT2D eigenvalue weighted by atomic mass is 16.2. The lowest BCUT2D eigenvalue weighted by Crippen LogP contribution is -2.21. The largest absolute Gasteiger partial charge is 0.396 e. The van der Waals surface area contributed by atoms with Gasteiger partial charge in [-0.3, -0.25) is 4.79 Å². The van der Waals surface area contributed by atoms with Gasteiger partial charge in [0.25, 0.3) is 0 Å². The van der Waals surface area contributed by atoms with E-state index in [9.17, 15) is 9.90 Å². The summed E-state index contributed by atoms with van der Waals surface area (Å²) in [4.78, 5) is 19.1. The van der Waals surface area contributed by atoms with E-state index in [0.29, 0.717) is 24.2 Å². The molecule has 28 heavy (non-hydrogen) atoms. The maximum absolute atomic E-state index is 12.1. The Hall–Kier alpha value is -2.77. The molecule has 0 amide bonds. The van der Waals surface area contributed by atoms with Crippen molar-refractivity contribution in [2.75, 3.05) is 39.1 Å². The molecular weight excluding hydrogens is 354 g/mol. The van der Waals surface area contributed by atoms with E-state index in [1.165, 1.54) is 0 Å². The van der Waals surface area contributed by atoms with Gasteiger partial charge in [0.2, 0.25) is 0 Å². The van der Waals surface area contributed by atoms with Crippen LogP contribution in [0.25, 0.3) is 5.52 Å². The fourth-order valence-electron chi connectivity index (χ4n) is 3.02. The quantitative estimate of drug-likeness (QED) is 0.687. The average molecular weight is 381 g/mol. The first-order valence-corrected chi connectivity index (χ1v) is 9.48. The Balaban J connectivity index is 2.02. The number of carbonyl (C=O) groups is 1. The van der Waals surface area contributed by atoms with Crippen LogP contribution < -0.4 is 5.32 Å². The van der Waals surface area contributed by atoms with Crippen LogP contribution in [-0.4, -0.2) is 64.9 Å². The summed E-state index contributed by atoms with van der Waals surface area (Å²) < 4.78 is 1.80. The van der Waals surface area contributed by atoms with Crippen LogP contribution >= 0.6 is 0 Å². The van der Waals surface area contributed by atoms with Crippen LogP contribution in [0.3, 0.4) is 0 Å². The van der Waals surface area contributed by atoms with Gasteiger partial charge in [0, 0.05) is 25.9 Å². The van der Waals surface area contributed by atoms with Crippen molar-refractivity contribution in [2.24, 2.45) is 4.99 Å². The van der Waals surface area contributed by atoms with Crippen LogP contribution in [0.4, 0.5) is 11.5 Å². The molecule has 0 saturated heterocycles. The number of pyridine rings is 1. The number of likely N-dealkylation sites (N-methyl/N-ethyl adjacent to an activating group) is 1. The van der Waals surface area contributed by atoms with E-state index in [1.807, 2.05) is 44.6 Å². The standard InChI is InChI=1S/C21H27N5O2/c1-15-13-17(16(7-6-12-27)14-19(15)28)23-20-18-8-4-5-10-26(18)24-21(20)22-9-11-25(2)3/h4-5,8,10,13-14,27H,6-7,9,11-12H2,1-3H3,(H,22,24). The Kier molecular flexibility index (Phi) is 6.38. The van der Waals surface area contributed by atoms with Crippen molar-refractivity contribution < 1.29 is 9.90 Å². The smallest absolute Gasteiger partial charge is 0.181 e. The van der Waals surface area contributed by atoms with Crippen molar-refractivity contribution in [1.82, 2.24) is 14.5 Å². The molecule has 0 fully saturated rings. The Morgan fingerprint density at radius 1 is 1.29 bits per heavy atom. The van der Waals surface area contributed by atoms with Crippen molar-refractivity contribution in [2.45, 2.75) is 19.8 Å². The minimum Gasteiger partial charge on any atom is -0.396 e. The van der Waals surface area contributed by atoms with Gasteiger partial charge in [-0.25, -0.2) is 9.51 Å². The molecule has 0 aliphatic heterocycles. The first kappa shape index (κ1) is 20.0. The number of aromatic nitrogens is 2. The summed E-state index contributed by atoms with van der Waals surface area (Å²) in [5, 5.41) is 17.2. The highest BCUT2D eigenvalue weighted by Gasteiger charge is 2.18. The molecule has 0 spiro atoms. The molecule has 0 bridgehead atoms. The topological polar surface area (TPSA) is 82.2 Å². The maximum atomic E-state index is 12.1. The summed E-state index contributed by atoms with van der Waals surface area (Å²) in [7, 11) is 4.05. The number of nitrogens with one attached hydrogen (secondary N) is 1. The zero-order valence-electron chi connectivity index (χ0n) is 16.6. The molecule has 7 nitrogen and oxygen atoms in total. The predicted octanol–water partition coefficient (Wildman–Crippen LogP) is 2.61. The number of carbonyl (C=O) groups excluding carboxylic acids is 1. The normalized spacial score (nSPS) is 16.0. The number of rotatable bonds is 8. The number of anilines is 1. The SMILES string of the molecule is CC1=CC(=Nc2c(NCCN(C)C)nn3ccccc23)C(CCCO)=CC1=O. The molecule has 1 aliphatic rings. The van der Waals surface area contributed by atoms with Gasteiger partial charge in [-0.2, -0.15) is 0 Å². The second-order valence-corrected chi connectivity index (χ2v) is 7.14. The van der Waals surface area contributed by atoms with Gasteiger partial charge >= 0.3 is 0 Å². The molecule has 148 valence electrons. The van der Waals surface area contributed by atoms with Crippen LogP contribution in [0.2, 0.25) is 0 Å². The molecule has 2 aromatic rings. The molecule has 0 unspecified atom stereocenters. The second kappa shape index (κ2) is 8.95. The van der Waals surface area contributed by atoms with E-state index < -0.39 is 0 Å². The molecule has 2 aromatic heterocycles. The van der Waals surface area contributed by atoms with Crippen molar-refractivity contribution >= 4 is 28.5 Å². The molecule has 2 N–H and O–H groups in total. The van der Waals surface area contributed by atoms with Crippen LogP contribution in [0.5, 0.6) is 0 Å². The van der Waals surface area contributed by atoms with Crippen LogP contribution in [0.1, 0.15) is 19.8 Å². The van der Waals surface area contributed by atoms with E-state index in [2.05, 4.69) is 15.3 Å². The van der Waals surface area contributed by atoms with Crippen molar-refractivity contribution in [3.63, 3.8) is 0 Å². The monoisotopic (exact) mass is 381 g/mol. The lowest BCUT2D eigenvalue weighted by Gasteiger charge is -2.14. The molecule has 0 atom stereocenters. The molecule has 2 heterocycles. The maximum Gasteiger partial charge on any atom is 0.181 e. The number of fused-ring (bicyclic) bond motifs is 1. The zero-order chi connectivity index (χ0) is 20.1. The Bertz CT molecular complexity index is 953. The molecule has 0 radical (unpaired) electrons. The summed E-state index contributed by atoms with van der Waals surface area (Å²) in [6.07, 6.45) is 6.55. The van der Waals surface area contributed by atoms with Gasteiger partial charge in [-0.05, 0) is 69.3 Å². The third kappa shape index (κ3) is 4.55. The number of aliphatic hydroxyl groups is 1. The van der Waals surface area contributed by atoms with Gasteiger partial charge in [0.05, 0.1) is 11.2 Å². The third-order valence-electron chi connectivity index (χ3n) is 4.58. The fourth-order valence-corrected chi connectivity index (χ4v) is 3.02. The zero-order valence-corrected chi connectivity index (χ0v) is 16.6. The Morgan fingerprint density at radius 2 is 2.11 bits per heavy atom. The Labute approximate surface area is 165 Å². The first-order valence-electron chi connectivity index (χ1n) is 9.48.